The zero-order valence-electron chi connectivity index (χ0n) is 10.6. The largest absolute Gasteiger partial charge is 0.478 e. The van der Waals surface area contributed by atoms with Crippen LogP contribution >= 0.6 is 0 Å². The third-order valence-electron chi connectivity index (χ3n) is 3.99. The van der Waals surface area contributed by atoms with Crippen LogP contribution in [-0.4, -0.2) is 23.0 Å². The van der Waals surface area contributed by atoms with Gasteiger partial charge < -0.3 is 9.84 Å². The number of carbonyl (C=O) groups excluding carboxylic acids is 1. The highest BCUT2D eigenvalue weighted by atomic mass is 16.5. The van der Waals surface area contributed by atoms with Gasteiger partial charge in [0.1, 0.15) is 11.5 Å². The van der Waals surface area contributed by atoms with E-state index >= 15 is 0 Å². The first-order chi connectivity index (χ1) is 9.13. The Balaban J connectivity index is 1.81. The maximum Gasteiger partial charge on any atom is 0.345 e. The van der Waals surface area contributed by atoms with E-state index in [1.807, 2.05) is 18.2 Å². The molecule has 0 radical (unpaired) electrons. The normalized spacial score (nSPS) is 25.8. The van der Waals surface area contributed by atoms with Crippen LogP contribution in [0.3, 0.4) is 0 Å². The average molecular weight is 260 g/mol. The fourth-order valence-electron chi connectivity index (χ4n) is 2.97. The number of carbonyl (C=O) groups is 2. The van der Waals surface area contributed by atoms with Gasteiger partial charge in [-0.1, -0.05) is 12.1 Å². The van der Waals surface area contributed by atoms with E-state index < -0.39 is 12.1 Å². The highest BCUT2D eigenvalue weighted by molar-refractivity contribution is 5.80. The van der Waals surface area contributed by atoms with E-state index in [1.165, 1.54) is 0 Å². The summed E-state index contributed by atoms with van der Waals surface area (Å²) in [5, 5.41) is 8.97. The number of hydrogen-bond donors (Lipinski definition) is 1. The van der Waals surface area contributed by atoms with Crippen LogP contribution in [0.2, 0.25) is 0 Å². The maximum atomic E-state index is 11.5. The van der Waals surface area contributed by atoms with Crippen LogP contribution in [0.5, 0.6) is 5.75 Å². The number of ether oxygens (including phenoxy) is 1. The smallest absolute Gasteiger partial charge is 0.345 e. The number of rotatable bonds is 2. The van der Waals surface area contributed by atoms with Crippen molar-refractivity contribution in [1.29, 1.82) is 0 Å². The molecule has 4 heteroatoms. The van der Waals surface area contributed by atoms with E-state index in [1.54, 1.807) is 0 Å². The highest BCUT2D eigenvalue weighted by Gasteiger charge is 2.30. The van der Waals surface area contributed by atoms with E-state index in [9.17, 15) is 9.59 Å². The topological polar surface area (TPSA) is 63.6 Å². The molecule has 1 aliphatic carbocycles. The molecule has 4 nitrogen and oxygen atoms in total. The van der Waals surface area contributed by atoms with Crippen LogP contribution < -0.4 is 4.74 Å². The van der Waals surface area contributed by atoms with Crippen molar-refractivity contribution in [2.24, 2.45) is 0 Å². The molecule has 0 aromatic heterocycles. The third-order valence-corrected chi connectivity index (χ3v) is 3.99. The van der Waals surface area contributed by atoms with Gasteiger partial charge >= 0.3 is 5.97 Å². The molecule has 1 aromatic rings. The summed E-state index contributed by atoms with van der Waals surface area (Å²) in [6.07, 6.45) is 2.95. The first-order valence-corrected chi connectivity index (χ1v) is 6.67. The fraction of sp³-hybridized carbons (Fsp3) is 0.467. The highest BCUT2D eigenvalue weighted by Crippen LogP contribution is 2.36. The maximum absolute atomic E-state index is 11.5. The van der Waals surface area contributed by atoms with Gasteiger partial charge in [-0.3, -0.25) is 4.79 Å². The summed E-state index contributed by atoms with van der Waals surface area (Å²) in [4.78, 5) is 22.4. The van der Waals surface area contributed by atoms with Crippen LogP contribution in [0.15, 0.2) is 18.2 Å². The van der Waals surface area contributed by atoms with Crippen molar-refractivity contribution in [3.63, 3.8) is 0 Å². The summed E-state index contributed by atoms with van der Waals surface area (Å²) in [6.45, 7) is 0. The summed E-state index contributed by atoms with van der Waals surface area (Å²) >= 11 is 0. The van der Waals surface area contributed by atoms with Crippen molar-refractivity contribution in [2.75, 3.05) is 0 Å². The van der Waals surface area contributed by atoms with Crippen LogP contribution in [0, 0.1) is 0 Å². The zero-order chi connectivity index (χ0) is 13.4. The van der Waals surface area contributed by atoms with Crippen molar-refractivity contribution in [1.82, 2.24) is 0 Å². The summed E-state index contributed by atoms with van der Waals surface area (Å²) in [5.41, 5.74) is 2.09. The lowest BCUT2D eigenvalue weighted by Gasteiger charge is -2.21. The Morgan fingerprint density at radius 1 is 1.32 bits per heavy atom. The Kier molecular flexibility index (Phi) is 3.01. The molecule has 19 heavy (non-hydrogen) atoms. The summed E-state index contributed by atoms with van der Waals surface area (Å²) in [7, 11) is 0. The summed E-state index contributed by atoms with van der Waals surface area (Å²) in [6, 6.07) is 5.82. The molecule has 2 aliphatic rings. The zero-order valence-corrected chi connectivity index (χ0v) is 10.6. The Hall–Kier alpha value is -1.84. The van der Waals surface area contributed by atoms with E-state index in [4.69, 9.17) is 9.84 Å². The number of Topliss-reactive ketones (excluding diaryl/α,β-unsaturated/α-hetero) is 1. The van der Waals surface area contributed by atoms with Gasteiger partial charge in [-0.25, -0.2) is 4.79 Å². The standard InChI is InChI=1S/C15H16O4/c16-12-3-1-2-9(7-12)10-4-5-13-11(6-10)8-14(19-13)15(17)18/h4-6,9,14H,1-3,7-8H2,(H,17,18). The van der Waals surface area contributed by atoms with Gasteiger partial charge in [0.2, 0.25) is 0 Å². The van der Waals surface area contributed by atoms with Gasteiger partial charge in [-0.15, -0.1) is 0 Å². The van der Waals surface area contributed by atoms with Gasteiger partial charge in [0, 0.05) is 19.3 Å². The van der Waals surface area contributed by atoms with Crippen molar-refractivity contribution in [3.8, 4) is 5.75 Å². The number of aliphatic carboxylic acids is 1. The molecule has 1 saturated carbocycles. The minimum Gasteiger partial charge on any atom is -0.478 e. The molecule has 0 amide bonds. The van der Waals surface area contributed by atoms with E-state index in [0.29, 0.717) is 30.8 Å². The molecule has 100 valence electrons. The van der Waals surface area contributed by atoms with Crippen molar-refractivity contribution < 1.29 is 19.4 Å². The molecule has 1 N–H and O–H groups in total. The second kappa shape index (κ2) is 4.68. The van der Waals surface area contributed by atoms with Crippen molar-refractivity contribution in [2.45, 2.75) is 44.1 Å². The average Bonchev–Trinajstić information content (AvgIpc) is 2.81. The molecule has 1 aliphatic heterocycles. The van der Waals surface area contributed by atoms with Crippen LogP contribution in [-0.2, 0) is 16.0 Å². The predicted molar refractivity (Wildman–Crippen MR) is 68.4 cm³/mol. The van der Waals surface area contributed by atoms with Crippen molar-refractivity contribution >= 4 is 11.8 Å². The van der Waals surface area contributed by atoms with Gasteiger partial charge in [0.15, 0.2) is 6.10 Å². The number of carboxylic acid groups (broad SMARTS) is 1. The first kappa shape index (κ1) is 12.2. The quantitative estimate of drug-likeness (QED) is 0.886. The predicted octanol–water partition coefficient (Wildman–Crippen LogP) is 2.30. The van der Waals surface area contributed by atoms with Crippen LogP contribution in [0.25, 0.3) is 0 Å². The van der Waals surface area contributed by atoms with Crippen LogP contribution in [0.4, 0.5) is 0 Å². The van der Waals surface area contributed by atoms with Crippen LogP contribution in [0.1, 0.15) is 42.7 Å². The lowest BCUT2D eigenvalue weighted by molar-refractivity contribution is -0.144. The molecular weight excluding hydrogens is 244 g/mol. The molecular formula is C15H16O4. The number of benzene rings is 1. The molecule has 3 rings (SSSR count). The fourth-order valence-corrected chi connectivity index (χ4v) is 2.97. The minimum absolute atomic E-state index is 0.287. The van der Waals surface area contributed by atoms with Gasteiger partial charge in [0.25, 0.3) is 0 Å². The van der Waals surface area contributed by atoms with Gasteiger partial charge in [-0.2, -0.15) is 0 Å². The van der Waals surface area contributed by atoms with E-state index in [2.05, 4.69) is 0 Å². The van der Waals surface area contributed by atoms with Gasteiger partial charge in [-0.05, 0) is 36.0 Å². The van der Waals surface area contributed by atoms with Crippen molar-refractivity contribution in [3.05, 3.63) is 29.3 Å². The third kappa shape index (κ3) is 2.35. The Bertz CT molecular complexity index is 535. The molecule has 1 heterocycles. The SMILES string of the molecule is O=C1CCCC(c2ccc3c(c2)CC(C(=O)O)O3)C1. The van der Waals surface area contributed by atoms with E-state index in [0.717, 1.165) is 24.0 Å². The number of carboxylic acids is 1. The van der Waals surface area contributed by atoms with E-state index in [-0.39, 0.29) is 5.92 Å². The molecule has 1 aromatic carbocycles. The second-order valence-electron chi connectivity index (χ2n) is 5.35. The summed E-state index contributed by atoms with van der Waals surface area (Å²) < 4.78 is 5.37. The molecule has 2 atom stereocenters. The Morgan fingerprint density at radius 3 is 2.89 bits per heavy atom. The Labute approximate surface area is 111 Å². The monoisotopic (exact) mass is 260 g/mol. The number of fused-ring (bicyclic) bond motifs is 1. The summed E-state index contributed by atoms with van der Waals surface area (Å²) in [5.74, 6) is 0.357. The molecule has 0 saturated heterocycles. The molecule has 0 spiro atoms. The second-order valence-corrected chi connectivity index (χ2v) is 5.35. The molecule has 2 unspecified atom stereocenters. The minimum atomic E-state index is -0.925. The number of ketones is 1. The molecule has 0 bridgehead atoms. The lowest BCUT2D eigenvalue weighted by atomic mass is 9.83. The first-order valence-electron chi connectivity index (χ1n) is 6.67. The van der Waals surface area contributed by atoms with Gasteiger partial charge in [0.05, 0.1) is 0 Å². The molecule has 1 fully saturated rings. The Morgan fingerprint density at radius 2 is 2.16 bits per heavy atom. The lowest BCUT2D eigenvalue weighted by Crippen LogP contribution is -2.24. The number of hydrogen-bond acceptors (Lipinski definition) is 3.